The molecule has 0 aliphatic heterocycles. The van der Waals surface area contributed by atoms with Crippen molar-refractivity contribution in [3.8, 4) is 28.1 Å². The Kier molecular flexibility index (Phi) is 6.82. The summed E-state index contributed by atoms with van der Waals surface area (Å²) >= 11 is 0. The van der Waals surface area contributed by atoms with E-state index in [9.17, 15) is 9.59 Å². The van der Waals surface area contributed by atoms with Crippen molar-refractivity contribution >= 4 is 28.7 Å². The topological polar surface area (TPSA) is 113 Å². The van der Waals surface area contributed by atoms with Crippen LogP contribution in [0.3, 0.4) is 0 Å². The normalized spacial score (nSPS) is 11.1. The zero-order chi connectivity index (χ0) is 25.9. The van der Waals surface area contributed by atoms with E-state index >= 15 is 0 Å². The van der Waals surface area contributed by atoms with Crippen LogP contribution in [0.2, 0.25) is 0 Å². The van der Waals surface area contributed by atoms with Gasteiger partial charge in [-0.05, 0) is 44.0 Å². The molecule has 9 heteroatoms. The van der Waals surface area contributed by atoms with Gasteiger partial charge in [0.1, 0.15) is 16.9 Å². The van der Waals surface area contributed by atoms with E-state index < -0.39 is 17.7 Å². The SMILES string of the molecule is COC(=O)c1c(OC)c(-c2ccc(-c3ccncc3)cc2)nc2c(NC(=O)OC(C)(C)C)cncc12. The fourth-order valence-electron chi connectivity index (χ4n) is 3.73. The highest BCUT2D eigenvalue weighted by Crippen LogP contribution is 2.39. The Bertz CT molecular complexity index is 1410. The van der Waals surface area contributed by atoms with E-state index in [1.165, 1.54) is 26.6 Å². The van der Waals surface area contributed by atoms with Gasteiger partial charge in [-0.25, -0.2) is 14.6 Å². The summed E-state index contributed by atoms with van der Waals surface area (Å²) in [6, 6.07) is 11.5. The molecule has 0 unspecified atom stereocenters. The highest BCUT2D eigenvalue weighted by atomic mass is 16.6. The number of carbonyl (C=O) groups excluding carboxylic acids is 2. The third-order valence-electron chi connectivity index (χ3n) is 5.25. The smallest absolute Gasteiger partial charge is 0.412 e. The monoisotopic (exact) mass is 486 g/mol. The predicted octanol–water partition coefficient (Wildman–Crippen LogP) is 5.50. The predicted molar refractivity (Wildman–Crippen MR) is 136 cm³/mol. The first-order chi connectivity index (χ1) is 17.2. The van der Waals surface area contributed by atoms with E-state index in [4.69, 9.17) is 19.2 Å². The van der Waals surface area contributed by atoms with Crippen LogP contribution < -0.4 is 10.1 Å². The number of ether oxygens (including phenoxy) is 3. The van der Waals surface area contributed by atoms with Crippen molar-refractivity contribution in [3.63, 3.8) is 0 Å². The lowest BCUT2D eigenvalue weighted by atomic mass is 10.00. The molecule has 0 radical (unpaired) electrons. The molecule has 1 aromatic carbocycles. The molecule has 4 aromatic rings. The van der Waals surface area contributed by atoms with Gasteiger partial charge in [0, 0.05) is 29.5 Å². The molecular weight excluding hydrogens is 460 g/mol. The summed E-state index contributed by atoms with van der Waals surface area (Å²) < 4.78 is 16.1. The third kappa shape index (κ3) is 5.10. The number of methoxy groups -OCH3 is 2. The van der Waals surface area contributed by atoms with Gasteiger partial charge in [-0.1, -0.05) is 24.3 Å². The standard InChI is InChI=1S/C27H26N4O5/c1-27(2,3)36-26(33)30-20-15-29-14-19-21(25(32)35-5)24(34-4)22(31-23(19)20)18-8-6-16(7-9-18)17-10-12-28-13-11-17/h6-15H,1-5H3,(H,30,33). The number of esters is 1. The number of aromatic nitrogens is 3. The zero-order valence-corrected chi connectivity index (χ0v) is 20.7. The zero-order valence-electron chi connectivity index (χ0n) is 20.7. The summed E-state index contributed by atoms with van der Waals surface area (Å²) in [5.74, 6) is -0.382. The number of anilines is 1. The molecule has 4 rings (SSSR count). The Morgan fingerprint density at radius 3 is 2.11 bits per heavy atom. The van der Waals surface area contributed by atoms with Crippen molar-refractivity contribution in [3.05, 3.63) is 66.7 Å². The van der Waals surface area contributed by atoms with Crippen LogP contribution in [-0.4, -0.2) is 46.8 Å². The lowest BCUT2D eigenvalue weighted by Gasteiger charge is -2.20. The highest BCUT2D eigenvalue weighted by molar-refractivity contribution is 6.11. The van der Waals surface area contributed by atoms with E-state index in [0.717, 1.165) is 11.1 Å². The molecule has 0 saturated heterocycles. The van der Waals surface area contributed by atoms with E-state index in [1.807, 2.05) is 36.4 Å². The van der Waals surface area contributed by atoms with Gasteiger partial charge in [0.25, 0.3) is 0 Å². The number of amides is 1. The van der Waals surface area contributed by atoms with Gasteiger partial charge in [0.05, 0.1) is 31.6 Å². The van der Waals surface area contributed by atoms with E-state index in [2.05, 4.69) is 15.3 Å². The molecule has 0 atom stereocenters. The first-order valence-electron chi connectivity index (χ1n) is 11.2. The second kappa shape index (κ2) is 9.99. The summed E-state index contributed by atoms with van der Waals surface area (Å²) in [5, 5.41) is 3.05. The van der Waals surface area contributed by atoms with Crippen molar-refractivity contribution in [2.24, 2.45) is 0 Å². The highest BCUT2D eigenvalue weighted by Gasteiger charge is 2.26. The van der Waals surface area contributed by atoms with Gasteiger partial charge in [-0.3, -0.25) is 15.3 Å². The number of pyridine rings is 3. The summed E-state index contributed by atoms with van der Waals surface area (Å²) in [5.41, 5.74) is 3.19. The average molecular weight is 487 g/mol. The van der Waals surface area contributed by atoms with Gasteiger partial charge in [0.15, 0.2) is 5.75 Å². The second-order valence-corrected chi connectivity index (χ2v) is 8.88. The van der Waals surface area contributed by atoms with Gasteiger partial charge < -0.3 is 14.2 Å². The van der Waals surface area contributed by atoms with Crippen molar-refractivity contribution in [2.75, 3.05) is 19.5 Å². The molecule has 0 aliphatic carbocycles. The van der Waals surface area contributed by atoms with Gasteiger partial charge in [-0.2, -0.15) is 0 Å². The molecule has 184 valence electrons. The van der Waals surface area contributed by atoms with Crippen molar-refractivity contribution in [2.45, 2.75) is 26.4 Å². The van der Waals surface area contributed by atoms with E-state index in [0.29, 0.717) is 22.2 Å². The Balaban J connectivity index is 1.89. The maximum atomic E-state index is 12.9. The fraction of sp³-hybridized carbons (Fsp3) is 0.222. The maximum absolute atomic E-state index is 12.9. The Labute approximate surface area is 208 Å². The Hall–Kier alpha value is -4.53. The number of hydrogen-bond acceptors (Lipinski definition) is 8. The second-order valence-electron chi connectivity index (χ2n) is 8.88. The number of nitrogens with one attached hydrogen (secondary N) is 1. The van der Waals surface area contributed by atoms with Crippen LogP contribution in [0.1, 0.15) is 31.1 Å². The van der Waals surface area contributed by atoms with Crippen LogP contribution in [0.25, 0.3) is 33.3 Å². The number of hydrogen-bond donors (Lipinski definition) is 1. The van der Waals surface area contributed by atoms with Gasteiger partial charge in [-0.15, -0.1) is 0 Å². The third-order valence-corrected chi connectivity index (χ3v) is 5.25. The van der Waals surface area contributed by atoms with Gasteiger partial charge in [0.2, 0.25) is 0 Å². The lowest BCUT2D eigenvalue weighted by molar-refractivity contribution is 0.0597. The minimum Gasteiger partial charge on any atom is -0.494 e. The summed E-state index contributed by atoms with van der Waals surface area (Å²) in [7, 11) is 2.74. The molecule has 9 nitrogen and oxygen atoms in total. The minimum absolute atomic E-state index is 0.151. The lowest BCUT2D eigenvalue weighted by Crippen LogP contribution is -2.27. The molecule has 0 bridgehead atoms. The van der Waals surface area contributed by atoms with Crippen molar-refractivity contribution < 1.29 is 23.8 Å². The summed E-state index contributed by atoms with van der Waals surface area (Å²) in [6.45, 7) is 5.29. The molecular formula is C27H26N4O5. The molecule has 0 saturated carbocycles. The molecule has 36 heavy (non-hydrogen) atoms. The largest absolute Gasteiger partial charge is 0.494 e. The summed E-state index contributed by atoms with van der Waals surface area (Å²) in [6.07, 6.45) is 5.72. The van der Waals surface area contributed by atoms with Crippen LogP contribution in [0.5, 0.6) is 5.75 Å². The van der Waals surface area contributed by atoms with Crippen LogP contribution in [0, 0.1) is 0 Å². The quantitative estimate of drug-likeness (QED) is 0.368. The average Bonchev–Trinajstić information content (AvgIpc) is 2.86. The molecule has 0 aliphatic rings. The number of fused-ring (bicyclic) bond motifs is 1. The number of carbonyl (C=O) groups is 2. The molecule has 3 heterocycles. The fourth-order valence-corrected chi connectivity index (χ4v) is 3.73. The minimum atomic E-state index is -0.697. The Morgan fingerprint density at radius 2 is 1.50 bits per heavy atom. The van der Waals surface area contributed by atoms with Crippen LogP contribution in [-0.2, 0) is 9.47 Å². The number of nitrogens with zero attached hydrogens (tertiary/aromatic N) is 3. The number of rotatable bonds is 5. The van der Waals surface area contributed by atoms with Crippen molar-refractivity contribution in [1.82, 2.24) is 15.0 Å². The molecule has 1 amide bonds. The molecule has 0 spiro atoms. The molecule has 0 fully saturated rings. The molecule has 1 N–H and O–H groups in total. The van der Waals surface area contributed by atoms with Gasteiger partial charge >= 0.3 is 12.1 Å². The van der Waals surface area contributed by atoms with Crippen molar-refractivity contribution in [1.29, 1.82) is 0 Å². The van der Waals surface area contributed by atoms with E-state index in [-0.39, 0.29) is 17.0 Å². The Morgan fingerprint density at radius 1 is 0.861 bits per heavy atom. The summed E-state index contributed by atoms with van der Waals surface area (Å²) in [4.78, 5) is 38.4. The first kappa shape index (κ1) is 24.6. The maximum Gasteiger partial charge on any atom is 0.412 e. The van der Waals surface area contributed by atoms with Crippen LogP contribution in [0.4, 0.5) is 10.5 Å². The van der Waals surface area contributed by atoms with E-state index in [1.54, 1.807) is 33.2 Å². The van der Waals surface area contributed by atoms with Crippen LogP contribution >= 0.6 is 0 Å². The number of benzene rings is 1. The van der Waals surface area contributed by atoms with Crippen LogP contribution in [0.15, 0.2) is 61.2 Å². The first-order valence-corrected chi connectivity index (χ1v) is 11.2. The molecule has 3 aromatic heterocycles.